The summed E-state index contributed by atoms with van der Waals surface area (Å²) >= 11 is 0. The summed E-state index contributed by atoms with van der Waals surface area (Å²) in [7, 11) is 0. The minimum Gasteiger partial charge on any atom is -0.493 e. The molecule has 2 heteroatoms. The van der Waals surface area contributed by atoms with Gasteiger partial charge in [0.2, 0.25) is 0 Å². The summed E-state index contributed by atoms with van der Waals surface area (Å²) in [6, 6.07) is 8.43. The summed E-state index contributed by atoms with van der Waals surface area (Å²) in [5.41, 5.74) is 7.31. The second-order valence-electron chi connectivity index (χ2n) is 6.42. The van der Waals surface area contributed by atoms with Gasteiger partial charge < -0.3 is 10.5 Å². The summed E-state index contributed by atoms with van der Waals surface area (Å²) in [6.07, 6.45) is 1.13. The molecule has 0 aliphatic rings. The van der Waals surface area contributed by atoms with Crippen molar-refractivity contribution in [2.24, 2.45) is 11.1 Å². The summed E-state index contributed by atoms with van der Waals surface area (Å²) in [4.78, 5) is 0. The van der Waals surface area contributed by atoms with Gasteiger partial charge in [-0.25, -0.2) is 0 Å². The Labute approximate surface area is 112 Å². The Morgan fingerprint density at radius 1 is 1.06 bits per heavy atom. The smallest absolute Gasteiger partial charge is 0.119 e. The first-order chi connectivity index (χ1) is 8.30. The SMILES string of the molecule is CCC(C)(C)c1ccc(OCC(C)(C)CN)cc1. The van der Waals surface area contributed by atoms with Gasteiger partial charge in [0.15, 0.2) is 0 Å². The molecule has 0 fully saturated rings. The number of ether oxygens (including phenoxy) is 1. The summed E-state index contributed by atoms with van der Waals surface area (Å²) in [5.74, 6) is 0.923. The molecule has 0 saturated carbocycles. The molecule has 102 valence electrons. The number of nitrogens with two attached hydrogens (primary N) is 1. The lowest BCUT2D eigenvalue weighted by molar-refractivity contribution is 0.187. The van der Waals surface area contributed by atoms with Gasteiger partial charge in [-0.3, -0.25) is 0 Å². The first kappa shape index (κ1) is 15.0. The van der Waals surface area contributed by atoms with Crippen LogP contribution in [0.25, 0.3) is 0 Å². The van der Waals surface area contributed by atoms with Crippen molar-refractivity contribution in [1.82, 2.24) is 0 Å². The first-order valence-electron chi connectivity index (χ1n) is 6.74. The standard InChI is InChI=1S/C16H27NO/c1-6-16(4,5)13-7-9-14(10-8-13)18-12-15(2,3)11-17/h7-10H,6,11-12,17H2,1-5H3. The van der Waals surface area contributed by atoms with Crippen LogP contribution in [0.5, 0.6) is 5.75 Å². The fourth-order valence-electron chi connectivity index (χ4n) is 1.54. The van der Waals surface area contributed by atoms with E-state index in [0.717, 1.165) is 12.2 Å². The van der Waals surface area contributed by atoms with Gasteiger partial charge >= 0.3 is 0 Å². The fraction of sp³-hybridized carbons (Fsp3) is 0.625. The highest BCUT2D eigenvalue weighted by Gasteiger charge is 2.19. The van der Waals surface area contributed by atoms with Crippen LogP contribution < -0.4 is 10.5 Å². The highest BCUT2D eigenvalue weighted by molar-refractivity contribution is 5.31. The van der Waals surface area contributed by atoms with Crippen molar-refractivity contribution >= 4 is 0 Å². The molecule has 0 aliphatic carbocycles. The second-order valence-corrected chi connectivity index (χ2v) is 6.42. The molecule has 0 spiro atoms. The molecule has 0 aliphatic heterocycles. The minimum absolute atomic E-state index is 0.0291. The normalized spacial score (nSPS) is 12.6. The first-order valence-corrected chi connectivity index (χ1v) is 6.74. The van der Waals surface area contributed by atoms with Crippen LogP contribution in [-0.2, 0) is 5.41 Å². The number of hydrogen-bond donors (Lipinski definition) is 1. The molecule has 2 N–H and O–H groups in total. The zero-order valence-electron chi connectivity index (χ0n) is 12.4. The molecular formula is C16H27NO. The van der Waals surface area contributed by atoms with Gasteiger partial charge in [0.05, 0.1) is 6.61 Å². The lowest BCUT2D eigenvalue weighted by Gasteiger charge is -2.25. The molecule has 1 rings (SSSR count). The van der Waals surface area contributed by atoms with Gasteiger partial charge in [-0.05, 0) is 29.5 Å². The predicted octanol–water partition coefficient (Wildman–Crippen LogP) is 3.74. The van der Waals surface area contributed by atoms with Gasteiger partial charge in [-0.1, -0.05) is 46.8 Å². The molecule has 18 heavy (non-hydrogen) atoms. The maximum atomic E-state index is 5.78. The van der Waals surface area contributed by atoms with E-state index in [1.165, 1.54) is 5.56 Å². The Morgan fingerprint density at radius 2 is 1.61 bits per heavy atom. The van der Waals surface area contributed by atoms with Crippen molar-refractivity contribution < 1.29 is 4.74 Å². The van der Waals surface area contributed by atoms with Gasteiger partial charge in [-0.15, -0.1) is 0 Å². The molecule has 0 heterocycles. The quantitative estimate of drug-likeness (QED) is 0.833. The Morgan fingerprint density at radius 3 is 2.06 bits per heavy atom. The average molecular weight is 249 g/mol. The molecule has 0 unspecified atom stereocenters. The monoisotopic (exact) mass is 249 g/mol. The molecule has 0 bridgehead atoms. The van der Waals surface area contributed by atoms with E-state index in [9.17, 15) is 0 Å². The maximum absolute atomic E-state index is 5.78. The molecule has 0 atom stereocenters. The van der Waals surface area contributed by atoms with E-state index >= 15 is 0 Å². The van der Waals surface area contributed by atoms with E-state index in [2.05, 4.69) is 58.9 Å². The molecule has 1 aromatic rings. The van der Waals surface area contributed by atoms with Crippen molar-refractivity contribution in [3.8, 4) is 5.75 Å². The predicted molar refractivity (Wildman–Crippen MR) is 78.1 cm³/mol. The van der Waals surface area contributed by atoms with Crippen LogP contribution in [0.3, 0.4) is 0 Å². The van der Waals surface area contributed by atoms with E-state index < -0.39 is 0 Å². The molecule has 2 nitrogen and oxygen atoms in total. The zero-order valence-corrected chi connectivity index (χ0v) is 12.4. The third-order valence-electron chi connectivity index (χ3n) is 3.70. The van der Waals surface area contributed by atoms with E-state index in [-0.39, 0.29) is 10.8 Å². The van der Waals surface area contributed by atoms with Crippen molar-refractivity contribution in [2.45, 2.75) is 46.5 Å². The maximum Gasteiger partial charge on any atom is 0.119 e. The van der Waals surface area contributed by atoms with Crippen LogP contribution in [0.1, 0.15) is 46.6 Å². The van der Waals surface area contributed by atoms with E-state index in [1.807, 2.05) is 0 Å². The fourth-order valence-corrected chi connectivity index (χ4v) is 1.54. The lowest BCUT2D eigenvalue weighted by atomic mass is 9.82. The molecule has 0 radical (unpaired) electrons. The summed E-state index contributed by atoms with van der Waals surface area (Å²) in [6.45, 7) is 12.3. The minimum atomic E-state index is 0.0291. The van der Waals surface area contributed by atoms with Crippen molar-refractivity contribution in [3.63, 3.8) is 0 Å². The Kier molecular flexibility index (Phi) is 4.80. The molecule has 0 saturated heterocycles. The number of hydrogen-bond acceptors (Lipinski definition) is 2. The molecule has 0 aromatic heterocycles. The Balaban J connectivity index is 2.67. The largest absolute Gasteiger partial charge is 0.493 e. The third-order valence-corrected chi connectivity index (χ3v) is 3.70. The second kappa shape index (κ2) is 5.75. The van der Waals surface area contributed by atoms with Crippen molar-refractivity contribution in [2.75, 3.05) is 13.2 Å². The topological polar surface area (TPSA) is 35.2 Å². The summed E-state index contributed by atoms with van der Waals surface area (Å²) < 4.78 is 5.78. The zero-order chi connectivity index (χ0) is 13.8. The van der Waals surface area contributed by atoms with Gasteiger partial charge in [0.25, 0.3) is 0 Å². The molecule has 0 amide bonds. The molecule has 1 aromatic carbocycles. The lowest BCUT2D eigenvalue weighted by Crippen LogP contribution is -2.30. The highest BCUT2D eigenvalue weighted by Crippen LogP contribution is 2.28. The van der Waals surface area contributed by atoms with Crippen LogP contribution in [0.2, 0.25) is 0 Å². The van der Waals surface area contributed by atoms with Crippen LogP contribution >= 0.6 is 0 Å². The van der Waals surface area contributed by atoms with Crippen LogP contribution in [0.15, 0.2) is 24.3 Å². The number of benzene rings is 1. The van der Waals surface area contributed by atoms with Crippen molar-refractivity contribution in [3.05, 3.63) is 29.8 Å². The van der Waals surface area contributed by atoms with E-state index in [4.69, 9.17) is 10.5 Å². The Bertz CT molecular complexity index is 365. The third kappa shape index (κ3) is 4.02. The van der Waals surface area contributed by atoms with Crippen molar-refractivity contribution in [1.29, 1.82) is 0 Å². The Hall–Kier alpha value is -1.02. The van der Waals surface area contributed by atoms with Gasteiger partial charge in [-0.2, -0.15) is 0 Å². The van der Waals surface area contributed by atoms with E-state index in [0.29, 0.717) is 13.2 Å². The summed E-state index contributed by atoms with van der Waals surface area (Å²) in [5, 5.41) is 0. The van der Waals surface area contributed by atoms with E-state index in [1.54, 1.807) is 0 Å². The van der Waals surface area contributed by atoms with Gasteiger partial charge in [0, 0.05) is 12.0 Å². The van der Waals surface area contributed by atoms with Crippen LogP contribution in [0.4, 0.5) is 0 Å². The van der Waals surface area contributed by atoms with Crippen LogP contribution in [0, 0.1) is 5.41 Å². The number of rotatable bonds is 6. The average Bonchev–Trinajstić information content (AvgIpc) is 2.37. The van der Waals surface area contributed by atoms with Gasteiger partial charge in [0.1, 0.15) is 5.75 Å². The highest BCUT2D eigenvalue weighted by atomic mass is 16.5. The van der Waals surface area contributed by atoms with Crippen LogP contribution in [-0.4, -0.2) is 13.2 Å². The molecular weight excluding hydrogens is 222 g/mol.